The lowest BCUT2D eigenvalue weighted by molar-refractivity contribution is -0.0000183. The number of aryl methyl sites for hydroxylation is 3. The number of rotatable bonds is 48. The zero-order valence-corrected chi connectivity index (χ0v) is 57.4. The van der Waals surface area contributed by atoms with Crippen molar-refractivity contribution in [3.8, 4) is 17.2 Å². The summed E-state index contributed by atoms with van der Waals surface area (Å²) in [5.41, 5.74) is 4.22. The summed E-state index contributed by atoms with van der Waals surface area (Å²) in [4.78, 5) is 4.24. The zero-order chi connectivity index (χ0) is 55.3. The van der Waals surface area contributed by atoms with E-state index in [0.717, 1.165) is 94.9 Å². The fraction of sp³-hybridized carbons (Fsp3) is 0.739. The Balaban J connectivity index is 0.0000203. The van der Waals surface area contributed by atoms with E-state index in [1.807, 2.05) is 0 Å². The molecule has 0 unspecified atom stereocenters. The number of hydrogen-bond donors (Lipinski definition) is 0. The van der Waals surface area contributed by atoms with E-state index in [1.165, 1.54) is 202 Å². The number of hydrogen-bond acceptors (Lipinski definition) is 3. The molecule has 0 aliphatic rings. The van der Waals surface area contributed by atoms with E-state index in [9.17, 15) is 0 Å². The molecular weight excluding hydrogens is 1030 g/mol. The molecule has 0 atom stereocenters. The standard InChI is InChI=1S/C69H123O3SSi3.ClH/c1-13-19-25-28-31-34-52-74(7,8)55-37-40-61-58-64(43-46-67(61)70-49-22-16-4)73(65-44-47-68(71-50-23-17-5)62(59-65)41-38-56-75(9,10)53-35-32-29-26-20-14-2)66-45-48-69(72-51-24-18-6)63(60-66)42-39-57-76(11,12)54-36-33-30-27-21-15-3;/h43-48,58-60H,13-42,49-57H2,1-12H3;1H/q+1;/p-1. The van der Waals surface area contributed by atoms with Crippen LogP contribution in [0.2, 0.25) is 75.5 Å². The van der Waals surface area contributed by atoms with E-state index >= 15 is 0 Å². The lowest BCUT2D eigenvalue weighted by Crippen LogP contribution is -3.00. The van der Waals surface area contributed by atoms with Crippen LogP contribution < -0.4 is 26.6 Å². The molecule has 0 radical (unpaired) electrons. The van der Waals surface area contributed by atoms with Crippen molar-refractivity contribution in [2.24, 2.45) is 0 Å². The minimum atomic E-state index is -1.29. The van der Waals surface area contributed by atoms with Gasteiger partial charge in [-0.1, -0.05) is 271 Å². The van der Waals surface area contributed by atoms with E-state index < -0.39 is 24.2 Å². The van der Waals surface area contributed by atoms with Crippen molar-refractivity contribution < 1.29 is 26.6 Å². The Morgan fingerprint density at radius 2 is 0.532 bits per heavy atom. The summed E-state index contributed by atoms with van der Waals surface area (Å²) in [6.45, 7) is 32.1. The molecule has 0 spiro atoms. The minimum absolute atomic E-state index is 0. The van der Waals surface area contributed by atoms with Crippen molar-refractivity contribution in [1.29, 1.82) is 0 Å². The number of ether oxygens (including phenoxy) is 3. The molecule has 3 rings (SSSR count). The van der Waals surface area contributed by atoms with Crippen LogP contribution in [0.1, 0.15) is 232 Å². The summed E-state index contributed by atoms with van der Waals surface area (Å²) in [5, 5.41) is 0. The molecule has 0 bridgehead atoms. The van der Waals surface area contributed by atoms with Crippen LogP contribution in [0, 0.1) is 0 Å². The van der Waals surface area contributed by atoms with E-state index in [2.05, 4.69) is 135 Å². The normalized spacial score (nSPS) is 12.1. The van der Waals surface area contributed by atoms with Crippen LogP contribution in [0.3, 0.4) is 0 Å². The molecule has 3 nitrogen and oxygen atoms in total. The largest absolute Gasteiger partial charge is 1.00 e. The van der Waals surface area contributed by atoms with E-state index in [1.54, 1.807) is 0 Å². The molecule has 0 aliphatic carbocycles. The second-order valence-corrected chi connectivity index (χ2v) is 43.8. The second-order valence-electron chi connectivity index (χ2n) is 25.8. The molecule has 3 aromatic carbocycles. The third kappa shape index (κ3) is 30.8. The third-order valence-electron chi connectivity index (χ3n) is 16.6. The van der Waals surface area contributed by atoms with E-state index in [-0.39, 0.29) is 23.3 Å². The van der Waals surface area contributed by atoms with Gasteiger partial charge in [-0.25, -0.2) is 0 Å². The highest BCUT2D eigenvalue weighted by molar-refractivity contribution is 7.97. The molecule has 77 heavy (non-hydrogen) atoms. The van der Waals surface area contributed by atoms with Gasteiger partial charge in [0.05, 0.1) is 30.7 Å². The first-order valence-corrected chi connectivity index (χ1v) is 44.2. The molecular formula is C69H123ClO3SSi3. The molecule has 0 saturated carbocycles. The van der Waals surface area contributed by atoms with Gasteiger partial charge in [0.25, 0.3) is 0 Å². The van der Waals surface area contributed by atoms with Gasteiger partial charge in [0.2, 0.25) is 0 Å². The number of halogens is 1. The first-order valence-electron chi connectivity index (χ1n) is 32.7. The quantitative estimate of drug-likeness (QED) is 0.0320. The maximum atomic E-state index is 6.71. The van der Waals surface area contributed by atoms with Gasteiger partial charge < -0.3 is 26.6 Å². The Morgan fingerprint density at radius 1 is 0.299 bits per heavy atom. The summed E-state index contributed by atoms with van der Waals surface area (Å²) < 4.78 is 20.1. The first kappa shape index (κ1) is 71.5. The van der Waals surface area contributed by atoms with E-state index in [4.69, 9.17) is 14.2 Å². The van der Waals surface area contributed by atoms with Crippen molar-refractivity contribution >= 4 is 35.1 Å². The second kappa shape index (κ2) is 42.2. The average molecular weight is 1150 g/mol. The Morgan fingerprint density at radius 3 is 0.792 bits per heavy atom. The smallest absolute Gasteiger partial charge is 0.167 e. The SMILES string of the molecule is CCCCCCCC[Si](C)(C)CCCc1cc([S+](c2ccc(OCCCC)c(CCC[Si](C)(C)CCCCCCCC)c2)c2ccc(OCCCC)c(CCC[Si](C)(C)CCCCCCCC)c2)ccc1OCCCC.[Cl-]. The van der Waals surface area contributed by atoms with Gasteiger partial charge in [-0.2, -0.15) is 0 Å². The van der Waals surface area contributed by atoms with Gasteiger partial charge in [-0.3, -0.25) is 0 Å². The van der Waals surface area contributed by atoms with Gasteiger partial charge in [0, 0.05) is 42.4 Å². The summed E-state index contributed by atoms with van der Waals surface area (Å²) in [5.74, 6) is 3.33. The van der Waals surface area contributed by atoms with E-state index in [0.29, 0.717) is 0 Å². The predicted octanol–water partition coefficient (Wildman–Crippen LogP) is 20.3. The molecule has 442 valence electrons. The van der Waals surface area contributed by atoms with Gasteiger partial charge in [-0.15, -0.1) is 0 Å². The maximum absolute atomic E-state index is 6.71. The van der Waals surface area contributed by atoms with Crippen LogP contribution in [0.5, 0.6) is 17.2 Å². The predicted molar refractivity (Wildman–Crippen MR) is 349 cm³/mol. The molecule has 3 aromatic rings. The highest BCUT2D eigenvalue weighted by Gasteiger charge is 2.33. The molecule has 0 fully saturated rings. The van der Waals surface area contributed by atoms with Crippen LogP contribution in [-0.2, 0) is 30.2 Å². The molecule has 8 heteroatoms. The lowest BCUT2D eigenvalue weighted by Gasteiger charge is -2.23. The van der Waals surface area contributed by atoms with Crippen LogP contribution in [0.4, 0.5) is 0 Å². The van der Waals surface area contributed by atoms with Crippen LogP contribution in [0.15, 0.2) is 69.3 Å². The third-order valence-corrected chi connectivity index (χ3v) is 29.0. The van der Waals surface area contributed by atoms with Crippen molar-refractivity contribution in [1.82, 2.24) is 0 Å². The molecule has 0 aromatic heterocycles. The Kier molecular flexibility index (Phi) is 39.2. The summed E-state index contributed by atoms with van der Waals surface area (Å²) in [6.07, 6.45) is 38.8. The highest BCUT2D eigenvalue weighted by Crippen LogP contribution is 2.40. The highest BCUT2D eigenvalue weighted by atomic mass is 35.5. The van der Waals surface area contributed by atoms with Crippen LogP contribution in [0.25, 0.3) is 0 Å². The summed E-state index contributed by atoms with van der Waals surface area (Å²) in [7, 11) is -4.21. The number of benzene rings is 3. The molecule has 0 N–H and O–H groups in total. The molecule has 0 aliphatic heterocycles. The van der Waals surface area contributed by atoms with Crippen molar-refractivity contribution in [2.45, 2.75) is 324 Å². The molecule has 0 saturated heterocycles. The summed E-state index contributed by atoms with van der Waals surface area (Å²) in [6, 6.07) is 30.7. The zero-order valence-electron chi connectivity index (χ0n) is 52.8. The summed E-state index contributed by atoms with van der Waals surface area (Å²) >= 11 is 0. The van der Waals surface area contributed by atoms with Gasteiger partial charge in [0.15, 0.2) is 14.7 Å². The molecule has 0 amide bonds. The fourth-order valence-electron chi connectivity index (χ4n) is 11.2. The van der Waals surface area contributed by atoms with Gasteiger partial charge >= 0.3 is 0 Å². The van der Waals surface area contributed by atoms with Crippen molar-refractivity contribution in [2.75, 3.05) is 19.8 Å². The fourth-order valence-corrected chi connectivity index (χ4v) is 21.2. The maximum Gasteiger partial charge on any atom is 0.167 e. The average Bonchev–Trinajstić information content (AvgIpc) is 3.39. The molecule has 0 heterocycles. The Hall–Kier alpha value is -1.65. The van der Waals surface area contributed by atoms with Gasteiger partial charge in [0.1, 0.15) is 17.2 Å². The van der Waals surface area contributed by atoms with Crippen molar-refractivity contribution in [3.05, 3.63) is 71.3 Å². The Labute approximate surface area is 491 Å². The topological polar surface area (TPSA) is 27.7 Å². The monoisotopic (exact) mass is 1150 g/mol. The Bertz CT molecular complexity index is 1720. The lowest BCUT2D eigenvalue weighted by atomic mass is 10.1. The number of unbranched alkanes of at least 4 members (excludes halogenated alkanes) is 18. The van der Waals surface area contributed by atoms with Crippen LogP contribution in [-0.4, -0.2) is 44.0 Å². The van der Waals surface area contributed by atoms with Crippen LogP contribution >= 0.6 is 0 Å². The van der Waals surface area contributed by atoms with Crippen molar-refractivity contribution in [3.63, 3.8) is 0 Å². The first-order chi connectivity index (χ1) is 36.7. The van der Waals surface area contributed by atoms with Gasteiger partial charge in [-0.05, 0) is 91.6 Å². The minimum Gasteiger partial charge on any atom is -1.00 e.